The largest absolute Gasteiger partial charge is 0.504 e. The van der Waals surface area contributed by atoms with E-state index in [-0.39, 0.29) is 11.8 Å². The van der Waals surface area contributed by atoms with E-state index in [0.717, 1.165) is 33.4 Å². The minimum Gasteiger partial charge on any atom is -0.504 e. The van der Waals surface area contributed by atoms with E-state index < -0.39 is 11.5 Å². The van der Waals surface area contributed by atoms with Gasteiger partial charge in [0.2, 0.25) is 10.6 Å². The predicted octanol–water partition coefficient (Wildman–Crippen LogP) is 5.21. The fraction of sp³-hybridized carbons (Fsp3) is 0.273. The number of aromatic hydroxyl groups is 3. The van der Waals surface area contributed by atoms with Crippen LogP contribution in [0.4, 0.5) is 0 Å². The molecule has 1 fully saturated rings. The van der Waals surface area contributed by atoms with Crippen molar-refractivity contribution in [2.45, 2.75) is 38.1 Å². The highest BCUT2D eigenvalue weighted by atomic mass is 79.9. The molecule has 8 heteroatoms. The van der Waals surface area contributed by atoms with Gasteiger partial charge in [0.15, 0.2) is 11.5 Å². The van der Waals surface area contributed by atoms with Crippen LogP contribution in [-0.4, -0.2) is 32.3 Å². The number of thiazole rings is 1. The summed E-state index contributed by atoms with van der Waals surface area (Å²) in [6.07, 6.45) is 7.28. The molecule has 0 atom stereocenters. The van der Waals surface area contributed by atoms with Crippen molar-refractivity contribution in [2.24, 2.45) is 10.1 Å². The molecule has 1 aliphatic rings. The molecule has 156 valence electrons. The fourth-order valence-electron chi connectivity index (χ4n) is 3.53. The SMILES string of the molecule is Oc1ccc(C=Nn2c(-c3ccccc3Br)csc2=NC2CCCCC2)c(O)c1O. The summed E-state index contributed by atoms with van der Waals surface area (Å²) in [4.78, 5) is 5.74. The fourth-order valence-corrected chi connectivity index (χ4v) is 4.92. The van der Waals surface area contributed by atoms with Crippen LogP contribution in [0.5, 0.6) is 17.2 Å². The van der Waals surface area contributed by atoms with E-state index in [1.165, 1.54) is 48.9 Å². The average Bonchev–Trinajstić information content (AvgIpc) is 3.15. The molecular formula is C22H22BrN3O3S. The van der Waals surface area contributed by atoms with Crippen molar-refractivity contribution in [1.29, 1.82) is 0 Å². The molecule has 0 amide bonds. The van der Waals surface area contributed by atoms with Crippen molar-refractivity contribution in [3.8, 4) is 28.5 Å². The smallest absolute Gasteiger partial charge is 0.206 e. The van der Waals surface area contributed by atoms with E-state index in [1.54, 1.807) is 4.68 Å². The molecule has 30 heavy (non-hydrogen) atoms. The molecule has 3 aromatic rings. The number of hydrogen-bond acceptors (Lipinski definition) is 6. The number of phenolic OH excluding ortho intramolecular Hbond substituents is 3. The van der Waals surface area contributed by atoms with E-state index in [2.05, 4.69) is 21.0 Å². The molecule has 1 aliphatic carbocycles. The molecule has 1 aromatic heterocycles. The highest BCUT2D eigenvalue weighted by Crippen LogP contribution is 2.36. The first-order valence-corrected chi connectivity index (χ1v) is 11.5. The van der Waals surface area contributed by atoms with Crippen LogP contribution in [0, 0.1) is 0 Å². The Morgan fingerprint density at radius 2 is 1.77 bits per heavy atom. The third-order valence-corrected chi connectivity index (χ3v) is 6.70. The normalized spacial score (nSPS) is 15.8. The Hall–Kier alpha value is -2.58. The van der Waals surface area contributed by atoms with Crippen LogP contribution in [-0.2, 0) is 0 Å². The number of aromatic nitrogens is 1. The summed E-state index contributed by atoms with van der Waals surface area (Å²) in [6.45, 7) is 0. The van der Waals surface area contributed by atoms with Gasteiger partial charge in [-0.1, -0.05) is 53.4 Å². The highest BCUT2D eigenvalue weighted by Gasteiger charge is 2.15. The van der Waals surface area contributed by atoms with Crippen molar-refractivity contribution in [1.82, 2.24) is 4.68 Å². The van der Waals surface area contributed by atoms with Gasteiger partial charge in [0.1, 0.15) is 0 Å². The van der Waals surface area contributed by atoms with Gasteiger partial charge in [0.05, 0.1) is 18.0 Å². The van der Waals surface area contributed by atoms with Crippen molar-refractivity contribution < 1.29 is 15.3 Å². The molecule has 2 aromatic carbocycles. The van der Waals surface area contributed by atoms with E-state index in [0.29, 0.717) is 5.56 Å². The summed E-state index contributed by atoms with van der Waals surface area (Å²) < 4.78 is 2.71. The first-order valence-electron chi connectivity index (χ1n) is 9.82. The summed E-state index contributed by atoms with van der Waals surface area (Å²) in [6, 6.07) is 11.0. The third-order valence-electron chi connectivity index (χ3n) is 5.18. The average molecular weight is 488 g/mol. The molecule has 0 unspecified atom stereocenters. The molecule has 0 radical (unpaired) electrons. The maximum absolute atomic E-state index is 10.1. The molecule has 1 saturated carbocycles. The van der Waals surface area contributed by atoms with Crippen LogP contribution >= 0.6 is 27.3 Å². The molecule has 6 nitrogen and oxygen atoms in total. The maximum atomic E-state index is 10.1. The van der Waals surface area contributed by atoms with Crippen molar-refractivity contribution in [2.75, 3.05) is 0 Å². The second-order valence-corrected chi connectivity index (χ2v) is 8.92. The van der Waals surface area contributed by atoms with Crippen LogP contribution in [0.25, 0.3) is 11.3 Å². The maximum Gasteiger partial charge on any atom is 0.206 e. The monoisotopic (exact) mass is 487 g/mol. The minimum absolute atomic E-state index is 0.289. The third kappa shape index (κ3) is 4.29. The number of phenols is 3. The number of nitrogens with zero attached hydrogens (tertiary/aromatic N) is 3. The lowest BCUT2D eigenvalue weighted by molar-refractivity contribution is 0.367. The van der Waals surface area contributed by atoms with Crippen LogP contribution in [0.15, 0.2) is 56.3 Å². The molecule has 0 aliphatic heterocycles. The summed E-state index contributed by atoms with van der Waals surface area (Å²) >= 11 is 5.14. The molecule has 1 heterocycles. The van der Waals surface area contributed by atoms with Crippen LogP contribution in [0.1, 0.15) is 37.7 Å². The van der Waals surface area contributed by atoms with E-state index in [4.69, 9.17) is 4.99 Å². The second-order valence-electron chi connectivity index (χ2n) is 7.23. The van der Waals surface area contributed by atoms with E-state index >= 15 is 0 Å². The van der Waals surface area contributed by atoms with Gasteiger partial charge < -0.3 is 15.3 Å². The van der Waals surface area contributed by atoms with Crippen molar-refractivity contribution in [3.05, 3.63) is 56.6 Å². The quantitative estimate of drug-likeness (QED) is 0.348. The summed E-state index contributed by atoms with van der Waals surface area (Å²) in [5, 5.41) is 36.1. The zero-order chi connectivity index (χ0) is 21.1. The highest BCUT2D eigenvalue weighted by molar-refractivity contribution is 9.10. The first kappa shape index (κ1) is 20.7. The Morgan fingerprint density at radius 1 is 1.00 bits per heavy atom. The van der Waals surface area contributed by atoms with Crippen molar-refractivity contribution >= 4 is 33.5 Å². The topological polar surface area (TPSA) is 90.3 Å². The lowest BCUT2D eigenvalue weighted by atomic mass is 9.96. The van der Waals surface area contributed by atoms with Crippen LogP contribution < -0.4 is 4.80 Å². The zero-order valence-electron chi connectivity index (χ0n) is 16.2. The Morgan fingerprint density at radius 3 is 2.53 bits per heavy atom. The molecule has 0 spiro atoms. The van der Waals surface area contributed by atoms with Crippen LogP contribution in [0.3, 0.4) is 0 Å². The Balaban J connectivity index is 1.81. The van der Waals surface area contributed by atoms with Crippen molar-refractivity contribution in [3.63, 3.8) is 0 Å². The van der Waals surface area contributed by atoms with Gasteiger partial charge in [-0.25, -0.2) is 4.68 Å². The standard InChI is InChI=1S/C22H22BrN3O3S/c23-17-9-5-4-8-16(17)18-13-30-22(25-15-6-2-1-3-7-15)26(18)24-12-14-10-11-19(27)21(29)20(14)28/h4-5,8-13,15,27-29H,1-3,6-7H2. The lowest BCUT2D eigenvalue weighted by Gasteiger charge is -2.16. The molecule has 0 bridgehead atoms. The van der Waals surface area contributed by atoms with Gasteiger partial charge >= 0.3 is 0 Å². The molecule has 3 N–H and O–H groups in total. The van der Waals surface area contributed by atoms with Gasteiger partial charge in [-0.15, -0.1) is 11.3 Å². The van der Waals surface area contributed by atoms with E-state index in [1.807, 2.05) is 29.6 Å². The summed E-state index contributed by atoms with van der Waals surface area (Å²) in [7, 11) is 0. The number of hydrogen-bond donors (Lipinski definition) is 3. The Labute approximate surface area is 186 Å². The molecule has 0 saturated heterocycles. The van der Waals surface area contributed by atoms with Crippen LogP contribution in [0.2, 0.25) is 0 Å². The molecule has 4 rings (SSSR count). The second kappa shape index (κ2) is 9.06. The summed E-state index contributed by atoms with van der Waals surface area (Å²) in [5.41, 5.74) is 2.15. The summed E-state index contributed by atoms with van der Waals surface area (Å²) in [5.74, 6) is -1.36. The number of benzene rings is 2. The van der Waals surface area contributed by atoms with Gasteiger partial charge in [-0.3, -0.25) is 4.99 Å². The van der Waals surface area contributed by atoms with E-state index in [9.17, 15) is 15.3 Å². The molecular weight excluding hydrogens is 466 g/mol. The van der Waals surface area contributed by atoms with Gasteiger partial charge in [0.25, 0.3) is 0 Å². The predicted molar refractivity (Wildman–Crippen MR) is 122 cm³/mol. The zero-order valence-corrected chi connectivity index (χ0v) is 18.6. The lowest BCUT2D eigenvalue weighted by Crippen LogP contribution is -2.19. The number of rotatable bonds is 4. The van der Waals surface area contributed by atoms with Gasteiger partial charge in [0, 0.05) is 21.0 Å². The Bertz CT molecular complexity index is 1150. The number of halogens is 1. The van der Waals surface area contributed by atoms with Gasteiger partial charge in [-0.2, -0.15) is 5.10 Å². The van der Waals surface area contributed by atoms with Gasteiger partial charge in [-0.05, 0) is 31.0 Å². The first-order chi connectivity index (χ1) is 14.5. The minimum atomic E-state index is -0.563. The Kier molecular flexibility index (Phi) is 6.24.